The summed E-state index contributed by atoms with van der Waals surface area (Å²) in [6.45, 7) is 19.2. The van der Waals surface area contributed by atoms with Gasteiger partial charge >= 0.3 is 0 Å². The Morgan fingerprint density at radius 3 is 1.50 bits per heavy atom. The van der Waals surface area contributed by atoms with Crippen LogP contribution in [0.25, 0.3) is 0 Å². The van der Waals surface area contributed by atoms with Crippen molar-refractivity contribution in [1.29, 1.82) is 0 Å². The maximum atomic E-state index is 2.82. The summed E-state index contributed by atoms with van der Waals surface area (Å²) < 4.78 is 2.82. The Morgan fingerprint density at radius 1 is 1.07 bits per heavy atom. The lowest BCUT2D eigenvalue weighted by Crippen LogP contribution is -2.66. The minimum atomic E-state index is -1.21. The summed E-state index contributed by atoms with van der Waals surface area (Å²) in [7, 11) is 0.0440. The van der Waals surface area contributed by atoms with Crippen LogP contribution in [0, 0.1) is 0 Å². The van der Waals surface area contributed by atoms with Gasteiger partial charge in [0.15, 0.2) is 0 Å². The molecule has 0 aromatic heterocycles. The van der Waals surface area contributed by atoms with Crippen LogP contribution in [0.1, 0.15) is 41.0 Å². The molecule has 0 bridgehead atoms. The highest BCUT2D eigenvalue weighted by Crippen LogP contribution is 2.31. The molecule has 0 aliphatic rings. The molecule has 86 valence electrons. The molecular weight excluding hydrogens is 202 g/mol. The normalized spacial score (nSPS) is 18.6. The lowest BCUT2D eigenvalue weighted by atomic mass is 10.1. The molecule has 0 amide bonds. The summed E-state index contributed by atoms with van der Waals surface area (Å²) in [5.41, 5.74) is 0.316. The van der Waals surface area contributed by atoms with Gasteiger partial charge in [0.25, 0.3) is 0 Å². The van der Waals surface area contributed by atoms with E-state index in [1.807, 2.05) is 0 Å². The van der Waals surface area contributed by atoms with E-state index in [4.69, 9.17) is 0 Å². The zero-order valence-corrected chi connectivity index (χ0v) is 14.7. The Bertz CT molecular complexity index is 172. The minimum absolute atomic E-state index is 0.316. The molecule has 1 atom stereocenters. The van der Waals surface area contributed by atoms with Gasteiger partial charge in [-0.25, -0.2) is 0 Å². The molecule has 14 heavy (non-hydrogen) atoms. The van der Waals surface area contributed by atoms with Crippen LogP contribution in [0.2, 0.25) is 19.6 Å². The average molecular weight is 232 g/mol. The van der Waals surface area contributed by atoms with Crippen molar-refractivity contribution in [2.45, 2.75) is 71.4 Å². The Kier molecular flexibility index (Phi) is 4.22. The Morgan fingerprint density at radius 2 is 1.43 bits per heavy atom. The summed E-state index contributed by atoms with van der Waals surface area (Å²) in [4.78, 5) is 0. The lowest BCUT2D eigenvalue weighted by Gasteiger charge is -2.54. The minimum Gasteiger partial charge on any atom is -0.318 e. The third kappa shape index (κ3) is 3.52. The molecule has 0 aromatic rings. The summed E-state index contributed by atoms with van der Waals surface area (Å²) in [5, 5.41) is 0.461. The fourth-order valence-electron chi connectivity index (χ4n) is 2.98. The number of nitrogens with zero attached hydrogens (tertiary/aromatic N) is 1. The van der Waals surface area contributed by atoms with Crippen LogP contribution in [0.3, 0.4) is 0 Å². The molecule has 1 nitrogen and oxygen atoms in total. The van der Waals surface area contributed by atoms with Crippen molar-refractivity contribution in [3.05, 3.63) is 0 Å². The molecule has 0 fully saturated rings. The molecule has 0 N–H and O–H groups in total. The number of hydrogen-bond acceptors (Lipinski definition) is 1. The van der Waals surface area contributed by atoms with Gasteiger partial charge in [0.1, 0.15) is 8.24 Å². The molecule has 0 radical (unpaired) electrons. The first-order valence-electron chi connectivity index (χ1n) is 5.73. The quantitative estimate of drug-likeness (QED) is 0.674. The summed E-state index contributed by atoms with van der Waals surface area (Å²) >= 11 is 0. The van der Waals surface area contributed by atoms with Crippen molar-refractivity contribution < 1.29 is 0 Å². The van der Waals surface area contributed by atoms with Gasteiger partial charge in [-0.1, -0.05) is 33.5 Å². The maximum absolute atomic E-state index is 2.82. The van der Waals surface area contributed by atoms with E-state index < -0.39 is 8.24 Å². The van der Waals surface area contributed by atoms with Gasteiger partial charge in [0.05, 0.1) is 0 Å². The summed E-state index contributed by atoms with van der Waals surface area (Å²) in [6.07, 6.45) is 1.28. The van der Waals surface area contributed by atoms with Gasteiger partial charge < -0.3 is 4.57 Å². The SMILES string of the molecule is CCC(C)([SiH3])N(C(C)(C)C)[Si](C)(C)C. The second kappa shape index (κ2) is 4.10. The Labute approximate surface area is 94.8 Å². The predicted octanol–water partition coefficient (Wildman–Crippen LogP) is 2.41. The van der Waals surface area contributed by atoms with Gasteiger partial charge in [0.2, 0.25) is 0 Å². The van der Waals surface area contributed by atoms with Crippen molar-refractivity contribution in [2.24, 2.45) is 0 Å². The third-order valence-corrected chi connectivity index (χ3v) is 7.03. The van der Waals surface area contributed by atoms with Crippen LogP contribution in [0.5, 0.6) is 0 Å². The Balaban J connectivity index is 5.14. The fraction of sp³-hybridized carbons (Fsp3) is 1.00. The molecular formula is C11H29NSi2. The largest absolute Gasteiger partial charge is 0.318 e. The van der Waals surface area contributed by atoms with E-state index in [0.717, 1.165) is 0 Å². The molecule has 0 rings (SSSR count). The van der Waals surface area contributed by atoms with Crippen molar-refractivity contribution in [2.75, 3.05) is 0 Å². The highest BCUT2D eigenvalue weighted by atomic mass is 28.3. The lowest BCUT2D eigenvalue weighted by molar-refractivity contribution is 0.156. The molecule has 3 heteroatoms. The van der Waals surface area contributed by atoms with Gasteiger partial charge in [-0.3, -0.25) is 0 Å². The van der Waals surface area contributed by atoms with Crippen LogP contribution >= 0.6 is 0 Å². The van der Waals surface area contributed by atoms with Crippen LogP contribution < -0.4 is 0 Å². The van der Waals surface area contributed by atoms with Crippen LogP contribution in [0.4, 0.5) is 0 Å². The standard InChI is InChI=1S/C11H29NSi2/c1-9-11(5,13)12(10(2,3)4)14(6,7)8/h9H2,1-8,13H3. The molecule has 0 spiro atoms. The van der Waals surface area contributed by atoms with E-state index in [2.05, 4.69) is 58.8 Å². The van der Waals surface area contributed by atoms with Crippen molar-refractivity contribution in [1.82, 2.24) is 4.57 Å². The van der Waals surface area contributed by atoms with Gasteiger partial charge in [-0.2, -0.15) is 0 Å². The smallest absolute Gasteiger partial charge is 0.119 e. The third-order valence-electron chi connectivity index (χ3n) is 2.81. The van der Waals surface area contributed by atoms with E-state index >= 15 is 0 Å². The van der Waals surface area contributed by atoms with Crippen LogP contribution in [-0.2, 0) is 0 Å². The van der Waals surface area contributed by atoms with Crippen molar-refractivity contribution in [3.8, 4) is 0 Å². The van der Waals surface area contributed by atoms with E-state index in [9.17, 15) is 0 Å². The molecule has 0 saturated heterocycles. The summed E-state index contributed by atoms with van der Waals surface area (Å²) in [6, 6.07) is 0. The van der Waals surface area contributed by atoms with E-state index in [0.29, 0.717) is 10.7 Å². The molecule has 0 heterocycles. The van der Waals surface area contributed by atoms with E-state index in [1.165, 1.54) is 16.7 Å². The van der Waals surface area contributed by atoms with Crippen LogP contribution in [0.15, 0.2) is 0 Å². The molecule has 0 saturated carbocycles. The van der Waals surface area contributed by atoms with Crippen molar-refractivity contribution in [3.63, 3.8) is 0 Å². The first kappa shape index (κ1) is 14.4. The average Bonchev–Trinajstić information content (AvgIpc) is 1.79. The van der Waals surface area contributed by atoms with Gasteiger partial charge in [0, 0.05) is 15.8 Å². The fourth-order valence-corrected chi connectivity index (χ4v) is 9.65. The molecule has 1 unspecified atom stereocenters. The summed E-state index contributed by atoms with van der Waals surface area (Å²) in [5.74, 6) is 0. The number of hydrogen-bond donors (Lipinski definition) is 0. The second-order valence-electron chi connectivity index (χ2n) is 6.84. The second-order valence-corrected chi connectivity index (χ2v) is 13.8. The monoisotopic (exact) mass is 231 g/mol. The van der Waals surface area contributed by atoms with E-state index in [1.54, 1.807) is 0 Å². The zero-order chi connectivity index (χ0) is 11.8. The highest BCUT2D eigenvalue weighted by molar-refractivity contribution is 6.74. The first-order chi connectivity index (χ1) is 5.93. The van der Waals surface area contributed by atoms with Crippen molar-refractivity contribution >= 4 is 18.5 Å². The Hall–Kier alpha value is 0.394. The van der Waals surface area contributed by atoms with Crippen LogP contribution in [-0.4, -0.2) is 33.7 Å². The molecule has 0 aliphatic heterocycles. The maximum Gasteiger partial charge on any atom is 0.119 e. The van der Waals surface area contributed by atoms with Gasteiger partial charge in [-0.05, 0) is 32.4 Å². The highest BCUT2D eigenvalue weighted by Gasteiger charge is 2.41. The van der Waals surface area contributed by atoms with Gasteiger partial charge in [-0.15, -0.1) is 0 Å². The zero-order valence-electron chi connectivity index (χ0n) is 11.7. The topological polar surface area (TPSA) is 3.24 Å². The van der Waals surface area contributed by atoms with E-state index in [-0.39, 0.29) is 0 Å². The number of rotatable bonds is 3. The first-order valence-corrected chi connectivity index (χ1v) is 10.2. The molecule has 0 aliphatic carbocycles. The predicted molar refractivity (Wildman–Crippen MR) is 73.6 cm³/mol. The molecule has 0 aromatic carbocycles.